The summed E-state index contributed by atoms with van der Waals surface area (Å²) >= 11 is 0. The fourth-order valence-electron chi connectivity index (χ4n) is 2.12. The van der Waals surface area contributed by atoms with Gasteiger partial charge in [-0.2, -0.15) is 0 Å². The maximum atomic E-state index is 13.7. The van der Waals surface area contributed by atoms with Crippen molar-refractivity contribution in [2.45, 2.75) is 19.9 Å². The van der Waals surface area contributed by atoms with Crippen LogP contribution in [0.1, 0.15) is 18.1 Å². The quantitative estimate of drug-likeness (QED) is 0.853. The third-order valence-electron chi connectivity index (χ3n) is 3.31. The van der Waals surface area contributed by atoms with Crippen LogP contribution in [-0.4, -0.2) is 19.6 Å². The van der Waals surface area contributed by atoms with Crippen molar-refractivity contribution in [1.82, 2.24) is 5.32 Å². The fourth-order valence-corrected chi connectivity index (χ4v) is 2.12. The van der Waals surface area contributed by atoms with E-state index in [-0.39, 0.29) is 24.6 Å². The first-order valence-electron chi connectivity index (χ1n) is 7.43. The Kier molecular flexibility index (Phi) is 5.97. The van der Waals surface area contributed by atoms with Crippen LogP contribution in [-0.2, 0) is 17.8 Å². The molecule has 0 radical (unpaired) electrons. The fraction of sp³-hybridized carbons (Fsp3) is 0.278. The molecule has 0 bridgehead atoms. The van der Waals surface area contributed by atoms with E-state index in [1.165, 1.54) is 6.07 Å². The normalized spacial score (nSPS) is 10.2. The van der Waals surface area contributed by atoms with Crippen molar-refractivity contribution in [1.29, 1.82) is 0 Å². The van der Waals surface area contributed by atoms with E-state index in [1.54, 1.807) is 26.2 Å². The molecule has 2 aromatic rings. The van der Waals surface area contributed by atoms with Gasteiger partial charge < -0.3 is 14.8 Å². The highest BCUT2D eigenvalue weighted by Gasteiger charge is 2.07. The number of amides is 1. The summed E-state index contributed by atoms with van der Waals surface area (Å²) in [6, 6.07) is 12.0. The zero-order chi connectivity index (χ0) is 16.7. The molecule has 1 N–H and O–H groups in total. The Hall–Kier alpha value is -2.56. The summed E-state index contributed by atoms with van der Waals surface area (Å²) in [5.41, 5.74) is 1.58. The van der Waals surface area contributed by atoms with Crippen LogP contribution < -0.4 is 14.8 Å². The first-order valence-corrected chi connectivity index (χ1v) is 7.43. The molecule has 0 aliphatic heterocycles. The second-order valence-corrected chi connectivity index (χ2v) is 5.00. The van der Waals surface area contributed by atoms with Gasteiger partial charge in [0.05, 0.1) is 20.1 Å². The van der Waals surface area contributed by atoms with E-state index in [4.69, 9.17) is 9.47 Å². The van der Waals surface area contributed by atoms with E-state index in [0.29, 0.717) is 12.2 Å². The van der Waals surface area contributed by atoms with Gasteiger partial charge in [0, 0.05) is 6.54 Å². The first-order chi connectivity index (χ1) is 11.1. The highest BCUT2D eigenvalue weighted by Crippen LogP contribution is 2.18. The molecule has 0 heterocycles. The van der Waals surface area contributed by atoms with Gasteiger partial charge in [0.15, 0.2) is 11.6 Å². The molecular weight excluding hydrogens is 297 g/mol. The number of rotatable bonds is 7. The Morgan fingerprint density at radius 1 is 1.13 bits per heavy atom. The van der Waals surface area contributed by atoms with Crippen molar-refractivity contribution in [2.75, 3.05) is 13.7 Å². The third-order valence-corrected chi connectivity index (χ3v) is 3.31. The van der Waals surface area contributed by atoms with Crippen molar-refractivity contribution < 1.29 is 18.7 Å². The molecule has 0 aliphatic rings. The molecule has 0 unspecified atom stereocenters. The smallest absolute Gasteiger partial charge is 0.224 e. The Balaban J connectivity index is 1.87. The van der Waals surface area contributed by atoms with E-state index in [1.807, 2.05) is 24.3 Å². The molecule has 0 atom stereocenters. The minimum absolute atomic E-state index is 0.121. The molecule has 4 nitrogen and oxygen atoms in total. The molecule has 2 aromatic carbocycles. The minimum Gasteiger partial charge on any atom is -0.497 e. The summed E-state index contributed by atoms with van der Waals surface area (Å²) < 4.78 is 23.9. The zero-order valence-electron chi connectivity index (χ0n) is 13.3. The van der Waals surface area contributed by atoms with Crippen LogP contribution in [0.2, 0.25) is 0 Å². The van der Waals surface area contributed by atoms with Gasteiger partial charge in [-0.25, -0.2) is 4.39 Å². The van der Waals surface area contributed by atoms with Crippen LogP contribution in [0.15, 0.2) is 42.5 Å². The van der Waals surface area contributed by atoms with Gasteiger partial charge in [0.2, 0.25) is 5.91 Å². The first kappa shape index (κ1) is 16.8. The number of hydrogen-bond donors (Lipinski definition) is 1. The van der Waals surface area contributed by atoms with Gasteiger partial charge >= 0.3 is 0 Å². The lowest BCUT2D eigenvalue weighted by molar-refractivity contribution is -0.120. The summed E-state index contributed by atoms with van der Waals surface area (Å²) in [6.07, 6.45) is 0.267. The number of halogens is 1. The Bertz CT molecular complexity index is 656. The highest BCUT2D eigenvalue weighted by atomic mass is 19.1. The number of benzene rings is 2. The predicted molar refractivity (Wildman–Crippen MR) is 86.1 cm³/mol. The monoisotopic (exact) mass is 317 g/mol. The van der Waals surface area contributed by atoms with Crippen molar-refractivity contribution in [3.05, 3.63) is 59.4 Å². The van der Waals surface area contributed by atoms with E-state index >= 15 is 0 Å². The molecule has 0 saturated heterocycles. The van der Waals surface area contributed by atoms with E-state index in [9.17, 15) is 9.18 Å². The van der Waals surface area contributed by atoms with Crippen LogP contribution in [0.3, 0.4) is 0 Å². The number of carbonyl (C=O) groups is 1. The number of methoxy groups -OCH3 is 1. The van der Waals surface area contributed by atoms with Gasteiger partial charge in [0.1, 0.15) is 5.75 Å². The van der Waals surface area contributed by atoms with Gasteiger partial charge in [-0.3, -0.25) is 4.79 Å². The summed E-state index contributed by atoms with van der Waals surface area (Å²) in [7, 11) is 1.59. The third kappa shape index (κ3) is 4.98. The summed E-state index contributed by atoms with van der Waals surface area (Å²) in [5, 5.41) is 2.78. The molecule has 0 spiro atoms. The zero-order valence-corrected chi connectivity index (χ0v) is 13.3. The van der Waals surface area contributed by atoms with Crippen LogP contribution >= 0.6 is 0 Å². The lowest BCUT2D eigenvalue weighted by atomic mass is 10.1. The Labute approximate surface area is 135 Å². The molecule has 23 heavy (non-hydrogen) atoms. The Morgan fingerprint density at radius 3 is 2.43 bits per heavy atom. The van der Waals surface area contributed by atoms with E-state index in [0.717, 1.165) is 11.3 Å². The second kappa shape index (κ2) is 8.17. The van der Waals surface area contributed by atoms with Crippen LogP contribution in [0, 0.1) is 5.82 Å². The topological polar surface area (TPSA) is 47.6 Å². The average Bonchev–Trinajstić information content (AvgIpc) is 2.56. The SMILES string of the molecule is CCOc1ccc(CNC(=O)Cc2ccc(OC)cc2)cc1F. The molecular formula is C18H20FNO3. The van der Waals surface area contributed by atoms with Gasteiger partial charge in [0.25, 0.3) is 0 Å². The lowest BCUT2D eigenvalue weighted by Gasteiger charge is -2.08. The molecule has 122 valence electrons. The van der Waals surface area contributed by atoms with Gasteiger partial charge in [-0.15, -0.1) is 0 Å². The summed E-state index contributed by atoms with van der Waals surface area (Å²) in [6.45, 7) is 2.49. The predicted octanol–water partition coefficient (Wildman–Crippen LogP) is 3.09. The average molecular weight is 317 g/mol. The maximum Gasteiger partial charge on any atom is 0.224 e. The van der Waals surface area contributed by atoms with Crippen molar-refractivity contribution in [3.8, 4) is 11.5 Å². The molecule has 1 amide bonds. The molecule has 5 heteroatoms. The molecule has 0 aromatic heterocycles. The number of hydrogen-bond acceptors (Lipinski definition) is 3. The van der Waals surface area contributed by atoms with Crippen LogP contribution in [0.4, 0.5) is 4.39 Å². The molecule has 0 fully saturated rings. The van der Waals surface area contributed by atoms with E-state index in [2.05, 4.69) is 5.32 Å². The maximum absolute atomic E-state index is 13.7. The largest absolute Gasteiger partial charge is 0.497 e. The lowest BCUT2D eigenvalue weighted by Crippen LogP contribution is -2.24. The van der Waals surface area contributed by atoms with Gasteiger partial charge in [-0.05, 0) is 42.3 Å². The number of ether oxygens (including phenoxy) is 2. The number of carbonyl (C=O) groups excluding carboxylic acids is 1. The van der Waals surface area contributed by atoms with Crippen molar-refractivity contribution in [2.24, 2.45) is 0 Å². The summed E-state index contributed by atoms with van der Waals surface area (Å²) in [5.74, 6) is 0.429. The molecule has 2 rings (SSSR count). The summed E-state index contributed by atoms with van der Waals surface area (Å²) in [4.78, 5) is 11.9. The second-order valence-electron chi connectivity index (χ2n) is 5.00. The highest BCUT2D eigenvalue weighted by molar-refractivity contribution is 5.78. The van der Waals surface area contributed by atoms with Crippen molar-refractivity contribution in [3.63, 3.8) is 0 Å². The standard InChI is InChI=1S/C18H20FNO3/c1-3-23-17-9-6-14(10-16(17)19)12-20-18(21)11-13-4-7-15(22-2)8-5-13/h4-10H,3,11-12H2,1-2H3,(H,20,21). The molecule has 0 saturated carbocycles. The Morgan fingerprint density at radius 2 is 1.83 bits per heavy atom. The van der Waals surface area contributed by atoms with Crippen molar-refractivity contribution >= 4 is 5.91 Å². The van der Waals surface area contributed by atoms with E-state index < -0.39 is 5.82 Å². The minimum atomic E-state index is -0.422. The van der Waals surface area contributed by atoms with Crippen LogP contribution in [0.25, 0.3) is 0 Å². The molecule has 0 aliphatic carbocycles. The van der Waals surface area contributed by atoms with Gasteiger partial charge in [-0.1, -0.05) is 18.2 Å². The number of nitrogens with one attached hydrogen (secondary N) is 1. The van der Waals surface area contributed by atoms with Crippen LogP contribution in [0.5, 0.6) is 11.5 Å².